The van der Waals surface area contributed by atoms with E-state index < -0.39 is 6.09 Å². The Labute approximate surface area is 113 Å². The molecule has 3 heteroatoms. The van der Waals surface area contributed by atoms with Gasteiger partial charge in [0.15, 0.2) is 0 Å². The molecule has 1 N–H and O–H groups in total. The summed E-state index contributed by atoms with van der Waals surface area (Å²) in [5.41, 5.74) is 3.53. The van der Waals surface area contributed by atoms with Crippen LogP contribution < -0.4 is 4.90 Å². The van der Waals surface area contributed by atoms with Crippen LogP contribution in [0.2, 0.25) is 0 Å². The van der Waals surface area contributed by atoms with Crippen LogP contribution in [0.3, 0.4) is 0 Å². The number of carboxylic acid groups (broad SMARTS) is 1. The second-order valence-corrected chi connectivity index (χ2v) is 3.75. The van der Waals surface area contributed by atoms with Crippen molar-refractivity contribution in [2.24, 2.45) is 0 Å². The fourth-order valence-electron chi connectivity index (χ4n) is 1.42. The Morgan fingerprint density at radius 2 is 1.37 bits per heavy atom. The predicted molar refractivity (Wildman–Crippen MR) is 78.2 cm³/mol. The summed E-state index contributed by atoms with van der Waals surface area (Å²) in [6.07, 6.45) is 7.05. The van der Waals surface area contributed by atoms with Crippen molar-refractivity contribution in [1.29, 1.82) is 0 Å². The second kappa shape index (κ2) is 6.87. The molecule has 19 heavy (non-hydrogen) atoms. The number of hydrogen-bond donors (Lipinski definition) is 1. The third-order valence-corrected chi connectivity index (χ3v) is 2.65. The van der Waals surface area contributed by atoms with Gasteiger partial charge in [0.25, 0.3) is 0 Å². The highest BCUT2D eigenvalue weighted by Gasteiger charge is 2.05. The zero-order valence-electron chi connectivity index (χ0n) is 10.7. The molecule has 0 atom stereocenters. The van der Waals surface area contributed by atoms with Gasteiger partial charge in [0.2, 0.25) is 0 Å². The Morgan fingerprint density at radius 1 is 0.947 bits per heavy atom. The van der Waals surface area contributed by atoms with E-state index in [1.165, 1.54) is 23.1 Å². The quantitative estimate of drug-likeness (QED) is 0.671. The van der Waals surface area contributed by atoms with Gasteiger partial charge in [-0.05, 0) is 23.3 Å². The number of rotatable bonds is 1. The zero-order chi connectivity index (χ0) is 14.3. The minimum atomic E-state index is -0.948. The first-order chi connectivity index (χ1) is 9.18. The van der Waals surface area contributed by atoms with Gasteiger partial charge in [-0.15, -0.1) is 12.8 Å². The van der Waals surface area contributed by atoms with E-state index in [4.69, 9.17) is 5.11 Å². The summed E-state index contributed by atoms with van der Waals surface area (Å²) in [7, 11) is 1.51. The molecule has 2 aliphatic carbocycles. The lowest BCUT2D eigenvalue weighted by Crippen LogP contribution is -2.23. The monoisotopic (exact) mass is 253 g/mol. The maximum absolute atomic E-state index is 10.4. The SMILES string of the molecule is C#C.CN(C(=O)O)c1ccccc1.c1cc2ccc1-2. The highest BCUT2D eigenvalue weighted by molar-refractivity contribution is 5.85. The van der Waals surface area contributed by atoms with Crippen molar-refractivity contribution in [2.45, 2.75) is 0 Å². The summed E-state index contributed by atoms with van der Waals surface area (Å²) in [5.74, 6) is 0. The van der Waals surface area contributed by atoms with Gasteiger partial charge in [-0.2, -0.15) is 0 Å². The molecular weight excluding hydrogens is 238 g/mol. The molecule has 0 bridgehead atoms. The first-order valence-corrected chi connectivity index (χ1v) is 5.64. The van der Waals surface area contributed by atoms with Crippen LogP contribution >= 0.6 is 0 Å². The first-order valence-electron chi connectivity index (χ1n) is 5.64. The van der Waals surface area contributed by atoms with Crippen molar-refractivity contribution in [1.82, 2.24) is 0 Å². The molecule has 2 aliphatic rings. The summed E-state index contributed by atoms with van der Waals surface area (Å²) in [5, 5.41) is 8.56. The standard InChI is InChI=1S/C8H9NO2.C6H4.C2H2/c1-9(8(10)11)7-5-3-2-4-6-7;1-2-6-4-3-5(1)6;1-2/h2-6H,1H3,(H,10,11);1-4H;1-2H. The average molecular weight is 253 g/mol. The van der Waals surface area contributed by atoms with E-state index in [1.54, 1.807) is 24.3 Å². The van der Waals surface area contributed by atoms with Crippen LogP contribution in [-0.2, 0) is 0 Å². The largest absolute Gasteiger partial charge is 0.465 e. The van der Waals surface area contributed by atoms with Gasteiger partial charge in [0.1, 0.15) is 0 Å². The third-order valence-electron chi connectivity index (χ3n) is 2.65. The molecule has 3 rings (SSSR count). The number of nitrogens with zero attached hydrogens (tertiary/aromatic N) is 1. The number of para-hydroxylation sites is 1. The average Bonchev–Trinajstić information content (AvgIpc) is 2.45. The van der Waals surface area contributed by atoms with Gasteiger partial charge in [0, 0.05) is 12.7 Å². The number of benzene rings is 2. The molecule has 0 aromatic heterocycles. The summed E-state index contributed by atoms with van der Waals surface area (Å²) in [6.45, 7) is 0. The van der Waals surface area contributed by atoms with E-state index in [0.29, 0.717) is 5.69 Å². The van der Waals surface area contributed by atoms with Gasteiger partial charge in [0.05, 0.1) is 0 Å². The Hall–Kier alpha value is -2.73. The molecular formula is C16H15NO2. The van der Waals surface area contributed by atoms with Crippen LogP contribution in [0.4, 0.5) is 10.5 Å². The molecule has 3 nitrogen and oxygen atoms in total. The van der Waals surface area contributed by atoms with E-state index in [-0.39, 0.29) is 0 Å². The summed E-state index contributed by atoms with van der Waals surface area (Å²) in [4.78, 5) is 11.6. The lowest BCUT2D eigenvalue weighted by molar-refractivity contribution is 0.203. The first kappa shape index (κ1) is 14.3. The molecule has 0 aliphatic heterocycles. The van der Waals surface area contributed by atoms with Crippen molar-refractivity contribution >= 4 is 11.8 Å². The minimum Gasteiger partial charge on any atom is -0.465 e. The Kier molecular flexibility index (Phi) is 5.18. The fraction of sp³-hybridized carbons (Fsp3) is 0.0625. The molecule has 0 saturated carbocycles. The molecule has 0 heterocycles. The van der Waals surface area contributed by atoms with Crippen molar-refractivity contribution in [2.75, 3.05) is 11.9 Å². The van der Waals surface area contributed by atoms with Crippen molar-refractivity contribution < 1.29 is 9.90 Å². The molecule has 1 aromatic rings. The zero-order valence-corrected chi connectivity index (χ0v) is 10.7. The predicted octanol–water partition coefficient (Wildman–Crippen LogP) is 3.72. The molecule has 96 valence electrons. The van der Waals surface area contributed by atoms with E-state index in [1.807, 2.05) is 6.07 Å². The Morgan fingerprint density at radius 3 is 1.63 bits per heavy atom. The van der Waals surface area contributed by atoms with Gasteiger partial charge < -0.3 is 5.11 Å². The normalized spacial score (nSPS) is 9.00. The van der Waals surface area contributed by atoms with Gasteiger partial charge in [-0.3, -0.25) is 4.90 Å². The van der Waals surface area contributed by atoms with Gasteiger partial charge in [-0.25, -0.2) is 4.79 Å². The molecule has 1 amide bonds. The van der Waals surface area contributed by atoms with Crippen molar-refractivity contribution in [3.8, 4) is 24.0 Å². The molecule has 1 aromatic carbocycles. The number of terminal acetylenes is 1. The lowest BCUT2D eigenvalue weighted by Gasteiger charge is -2.11. The van der Waals surface area contributed by atoms with Gasteiger partial charge in [-0.1, -0.05) is 42.5 Å². The van der Waals surface area contributed by atoms with E-state index in [0.717, 1.165) is 0 Å². The van der Waals surface area contributed by atoms with Crippen LogP contribution in [0, 0.1) is 12.8 Å². The number of fused-ring (bicyclic) bond motifs is 1. The van der Waals surface area contributed by atoms with Crippen LogP contribution in [0.25, 0.3) is 11.1 Å². The Balaban J connectivity index is 0.000000187. The smallest absolute Gasteiger partial charge is 0.411 e. The van der Waals surface area contributed by atoms with Crippen molar-refractivity contribution in [3.05, 3.63) is 54.6 Å². The molecule has 0 spiro atoms. The van der Waals surface area contributed by atoms with Crippen LogP contribution in [0.5, 0.6) is 0 Å². The van der Waals surface area contributed by atoms with E-state index in [9.17, 15) is 4.79 Å². The fourth-order valence-corrected chi connectivity index (χ4v) is 1.42. The maximum atomic E-state index is 10.4. The Bertz CT molecular complexity index is 523. The second-order valence-electron chi connectivity index (χ2n) is 3.75. The molecule has 0 unspecified atom stereocenters. The highest BCUT2D eigenvalue weighted by Crippen LogP contribution is 2.29. The number of carbonyl (C=O) groups is 1. The number of amides is 1. The number of hydrogen-bond acceptors (Lipinski definition) is 1. The third kappa shape index (κ3) is 3.62. The molecule has 0 saturated heterocycles. The molecule has 0 fully saturated rings. The van der Waals surface area contributed by atoms with Crippen molar-refractivity contribution in [3.63, 3.8) is 0 Å². The summed E-state index contributed by atoms with van der Waals surface area (Å²) in [6, 6.07) is 17.4. The maximum Gasteiger partial charge on any atom is 0.411 e. The highest BCUT2D eigenvalue weighted by atomic mass is 16.4. The van der Waals surface area contributed by atoms with E-state index in [2.05, 4.69) is 37.1 Å². The van der Waals surface area contributed by atoms with Crippen LogP contribution in [-0.4, -0.2) is 18.2 Å². The van der Waals surface area contributed by atoms with Crippen LogP contribution in [0.15, 0.2) is 54.6 Å². The topological polar surface area (TPSA) is 40.5 Å². The summed E-state index contributed by atoms with van der Waals surface area (Å²) < 4.78 is 0. The molecule has 0 radical (unpaired) electrons. The summed E-state index contributed by atoms with van der Waals surface area (Å²) >= 11 is 0. The number of anilines is 1. The van der Waals surface area contributed by atoms with Crippen LogP contribution in [0.1, 0.15) is 0 Å². The minimum absolute atomic E-state index is 0.681. The van der Waals surface area contributed by atoms with E-state index >= 15 is 0 Å². The van der Waals surface area contributed by atoms with Gasteiger partial charge >= 0.3 is 6.09 Å². The lowest BCUT2D eigenvalue weighted by atomic mass is 9.95.